The van der Waals surface area contributed by atoms with Gasteiger partial charge in [-0.2, -0.15) is 5.26 Å². The lowest BCUT2D eigenvalue weighted by Gasteiger charge is -2.33. The largest absolute Gasteiger partial charge is 0.360 e. The molecule has 148 valence electrons. The van der Waals surface area contributed by atoms with E-state index in [2.05, 4.69) is 37.3 Å². The molecule has 2 aliphatic carbocycles. The number of carbonyl (C=O) groups excluding carboxylic acids is 1. The van der Waals surface area contributed by atoms with Gasteiger partial charge in [0.2, 0.25) is 0 Å². The van der Waals surface area contributed by atoms with E-state index in [1.165, 1.54) is 4.88 Å². The van der Waals surface area contributed by atoms with E-state index in [1.807, 2.05) is 0 Å². The number of aryl methyl sites for hydroxylation is 1. The maximum Gasteiger partial charge on any atom is 0.278 e. The lowest BCUT2D eigenvalue weighted by molar-refractivity contribution is 0.101. The Hall–Kier alpha value is -2.13. The molecule has 5 nitrogen and oxygen atoms in total. The first-order chi connectivity index (χ1) is 13.4. The number of hydrogen-bond donors (Lipinski definition) is 1. The minimum atomic E-state index is -0.255. The topological polar surface area (TPSA) is 78.9 Å². The van der Waals surface area contributed by atoms with Crippen LogP contribution >= 0.6 is 11.3 Å². The van der Waals surface area contributed by atoms with E-state index in [1.54, 1.807) is 11.3 Å². The predicted molar refractivity (Wildman–Crippen MR) is 110 cm³/mol. The molecule has 0 saturated carbocycles. The van der Waals surface area contributed by atoms with Crippen LogP contribution in [-0.4, -0.2) is 11.1 Å². The van der Waals surface area contributed by atoms with E-state index in [9.17, 15) is 10.1 Å². The summed E-state index contributed by atoms with van der Waals surface area (Å²) >= 11 is 1.56. The van der Waals surface area contributed by atoms with E-state index < -0.39 is 0 Å². The molecule has 28 heavy (non-hydrogen) atoms. The minimum Gasteiger partial charge on any atom is -0.360 e. The summed E-state index contributed by atoms with van der Waals surface area (Å²) in [6.07, 6.45) is 7.94. The molecule has 0 fully saturated rings. The average molecular weight is 398 g/mol. The molecule has 0 aromatic carbocycles. The zero-order valence-electron chi connectivity index (χ0n) is 16.9. The summed E-state index contributed by atoms with van der Waals surface area (Å²) in [5.41, 5.74) is 3.34. The highest BCUT2D eigenvalue weighted by Crippen LogP contribution is 2.44. The zero-order valence-corrected chi connectivity index (χ0v) is 17.7. The SMILES string of the molecule is CC(C)(C)C1CCc2c(sc(NC(=O)c3noc4c3CCCCC4)c2C#N)C1. The molecule has 4 rings (SSSR count). The summed E-state index contributed by atoms with van der Waals surface area (Å²) in [4.78, 5) is 14.2. The van der Waals surface area contributed by atoms with E-state index in [-0.39, 0.29) is 11.3 Å². The van der Waals surface area contributed by atoms with Crippen molar-refractivity contribution in [2.24, 2.45) is 11.3 Å². The quantitative estimate of drug-likeness (QED) is 0.699. The van der Waals surface area contributed by atoms with Gasteiger partial charge in [0.05, 0.1) is 5.56 Å². The molecular formula is C22H27N3O2S. The van der Waals surface area contributed by atoms with Gasteiger partial charge in [0, 0.05) is 16.9 Å². The first kappa shape index (κ1) is 19.2. The molecule has 0 radical (unpaired) electrons. The lowest BCUT2D eigenvalue weighted by atomic mass is 9.72. The van der Waals surface area contributed by atoms with Gasteiger partial charge >= 0.3 is 0 Å². The van der Waals surface area contributed by atoms with Crippen LogP contribution in [-0.2, 0) is 25.7 Å². The second kappa shape index (κ2) is 7.36. The van der Waals surface area contributed by atoms with Gasteiger partial charge in [0.15, 0.2) is 5.69 Å². The Balaban J connectivity index is 1.60. The van der Waals surface area contributed by atoms with Crippen LogP contribution in [0.1, 0.15) is 84.3 Å². The molecule has 1 amide bonds. The maximum absolute atomic E-state index is 12.9. The summed E-state index contributed by atoms with van der Waals surface area (Å²) in [5, 5.41) is 17.4. The molecule has 6 heteroatoms. The van der Waals surface area contributed by atoms with Crippen molar-refractivity contribution in [2.75, 3.05) is 5.32 Å². The smallest absolute Gasteiger partial charge is 0.278 e. The van der Waals surface area contributed by atoms with Crippen LogP contribution in [0.3, 0.4) is 0 Å². The Bertz CT molecular complexity index is 942. The van der Waals surface area contributed by atoms with Crippen LogP contribution in [0.5, 0.6) is 0 Å². The average Bonchev–Trinajstić information content (AvgIpc) is 3.12. The monoisotopic (exact) mass is 397 g/mol. The normalized spacial score (nSPS) is 19.3. The highest BCUT2D eigenvalue weighted by molar-refractivity contribution is 7.16. The fourth-order valence-electron chi connectivity index (χ4n) is 4.43. The highest BCUT2D eigenvalue weighted by atomic mass is 32.1. The van der Waals surface area contributed by atoms with Crippen molar-refractivity contribution in [2.45, 2.75) is 72.1 Å². The van der Waals surface area contributed by atoms with Crippen LogP contribution in [0.2, 0.25) is 0 Å². The number of nitriles is 1. The third-order valence-electron chi connectivity index (χ3n) is 6.24. The van der Waals surface area contributed by atoms with Crippen molar-refractivity contribution >= 4 is 22.2 Å². The fourth-order valence-corrected chi connectivity index (χ4v) is 5.71. The van der Waals surface area contributed by atoms with Gasteiger partial charge in [-0.25, -0.2) is 0 Å². The van der Waals surface area contributed by atoms with Crippen molar-refractivity contribution in [1.82, 2.24) is 5.16 Å². The Labute approximate surface area is 170 Å². The number of amides is 1. The number of hydrogen-bond acceptors (Lipinski definition) is 5. The Morgan fingerprint density at radius 2 is 2.00 bits per heavy atom. The van der Waals surface area contributed by atoms with Gasteiger partial charge in [-0.3, -0.25) is 4.79 Å². The number of aromatic nitrogens is 1. The van der Waals surface area contributed by atoms with Gasteiger partial charge in [-0.1, -0.05) is 32.3 Å². The molecule has 0 aliphatic heterocycles. The van der Waals surface area contributed by atoms with E-state index in [0.29, 0.717) is 22.2 Å². The van der Waals surface area contributed by atoms with Gasteiger partial charge in [-0.05, 0) is 55.4 Å². The van der Waals surface area contributed by atoms with Crippen LogP contribution in [0.15, 0.2) is 4.52 Å². The summed E-state index contributed by atoms with van der Waals surface area (Å²) in [6, 6.07) is 2.33. The van der Waals surface area contributed by atoms with Crippen LogP contribution in [0.25, 0.3) is 0 Å². The first-order valence-electron chi connectivity index (χ1n) is 10.2. The fraction of sp³-hybridized carbons (Fsp3) is 0.591. The number of carbonyl (C=O) groups is 1. The first-order valence-corrected chi connectivity index (χ1v) is 11.0. The third-order valence-corrected chi connectivity index (χ3v) is 7.41. The molecule has 1 unspecified atom stereocenters. The predicted octanol–water partition coefficient (Wildman–Crippen LogP) is 5.28. The Kier molecular flexibility index (Phi) is 5.05. The van der Waals surface area contributed by atoms with Crippen LogP contribution in [0, 0.1) is 22.7 Å². The number of anilines is 1. The third kappa shape index (κ3) is 3.48. The lowest BCUT2D eigenvalue weighted by Crippen LogP contribution is -2.26. The van der Waals surface area contributed by atoms with Crippen molar-refractivity contribution < 1.29 is 9.32 Å². The van der Waals surface area contributed by atoms with Gasteiger partial charge in [0.25, 0.3) is 5.91 Å². The Morgan fingerprint density at radius 3 is 2.75 bits per heavy atom. The van der Waals surface area contributed by atoms with E-state index >= 15 is 0 Å². The number of rotatable bonds is 2. The van der Waals surface area contributed by atoms with E-state index in [4.69, 9.17) is 4.52 Å². The van der Waals surface area contributed by atoms with Crippen LogP contribution < -0.4 is 5.32 Å². The van der Waals surface area contributed by atoms with Crippen molar-refractivity contribution in [3.63, 3.8) is 0 Å². The highest BCUT2D eigenvalue weighted by Gasteiger charge is 2.33. The number of thiophene rings is 1. The van der Waals surface area contributed by atoms with Gasteiger partial charge in [0.1, 0.15) is 16.8 Å². The zero-order chi connectivity index (χ0) is 19.9. The summed E-state index contributed by atoms with van der Waals surface area (Å²) in [5.74, 6) is 1.19. The number of nitrogens with zero attached hydrogens (tertiary/aromatic N) is 2. The standard InChI is InChI=1S/C22H27N3O2S/c1-22(2,3)13-9-10-14-16(12-23)21(28-18(14)11-13)24-20(26)19-15-7-5-4-6-8-17(15)27-25-19/h13H,4-11H2,1-3H3,(H,24,26). The summed E-state index contributed by atoms with van der Waals surface area (Å²) < 4.78 is 5.44. The second-order valence-electron chi connectivity index (χ2n) is 9.07. The van der Waals surface area contributed by atoms with Gasteiger partial charge in [-0.15, -0.1) is 11.3 Å². The molecule has 1 N–H and O–H groups in total. The summed E-state index contributed by atoms with van der Waals surface area (Å²) in [7, 11) is 0. The minimum absolute atomic E-state index is 0.246. The molecule has 2 aromatic heterocycles. The molecule has 0 saturated heterocycles. The molecule has 2 aliphatic rings. The van der Waals surface area contributed by atoms with Crippen molar-refractivity contribution in [3.05, 3.63) is 33.0 Å². The molecular weight excluding hydrogens is 370 g/mol. The van der Waals surface area contributed by atoms with E-state index in [0.717, 1.165) is 68.3 Å². The molecule has 2 aromatic rings. The van der Waals surface area contributed by atoms with Crippen molar-refractivity contribution in [3.8, 4) is 6.07 Å². The molecule has 0 spiro atoms. The second-order valence-corrected chi connectivity index (χ2v) is 10.2. The molecule has 1 atom stereocenters. The Morgan fingerprint density at radius 1 is 1.21 bits per heavy atom. The van der Waals surface area contributed by atoms with Crippen LogP contribution in [0.4, 0.5) is 5.00 Å². The van der Waals surface area contributed by atoms with Crippen molar-refractivity contribution in [1.29, 1.82) is 5.26 Å². The summed E-state index contributed by atoms with van der Waals surface area (Å²) in [6.45, 7) is 6.83. The van der Waals surface area contributed by atoms with Gasteiger partial charge < -0.3 is 9.84 Å². The molecule has 0 bridgehead atoms. The number of nitrogens with one attached hydrogen (secondary N) is 1. The maximum atomic E-state index is 12.9. The number of fused-ring (bicyclic) bond motifs is 2. The molecule has 2 heterocycles.